The highest BCUT2D eigenvalue weighted by Crippen LogP contribution is 2.29. The van der Waals surface area contributed by atoms with Crippen molar-refractivity contribution in [2.45, 2.75) is 45.2 Å². The van der Waals surface area contributed by atoms with Crippen molar-refractivity contribution in [1.29, 1.82) is 0 Å². The van der Waals surface area contributed by atoms with E-state index in [1.807, 2.05) is 0 Å². The van der Waals surface area contributed by atoms with Gasteiger partial charge in [0.15, 0.2) is 0 Å². The molecule has 4 aromatic rings. The van der Waals surface area contributed by atoms with E-state index in [-0.39, 0.29) is 0 Å². The van der Waals surface area contributed by atoms with Crippen LogP contribution in [-0.4, -0.2) is 27.5 Å². The summed E-state index contributed by atoms with van der Waals surface area (Å²) in [6, 6.07) is 24.2. The molecule has 1 aliphatic rings. The normalized spacial score (nSPS) is 16.9. The minimum absolute atomic E-state index is 0.329. The SMILES string of the molecule is CC(c1nc2ccccc2n1Cc1cccc2ccccc12)N1CCCCCC1. The maximum atomic E-state index is 5.12. The topological polar surface area (TPSA) is 21.1 Å². The minimum atomic E-state index is 0.329. The van der Waals surface area contributed by atoms with Gasteiger partial charge in [0, 0.05) is 0 Å². The molecule has 29 heavy (non-hydrogen) atoms. The molecule has 5 rings (SSSR count). The third-order valence-electron chi connectivity index (χ3n) is 6.45. The molecule has 1 atom stereocenters. The van der Waals surface area contributed by atoms with Crippen molar-refractivity contribution >= 4 is 21.8 Å². The molecule has 1 aromatic heterocycles. The summed E-state index contributed by atoms with van der Waals surface area (Å²) < 4.78 is 2.45. The Bertz CT molecular complexity index is 1110. The van der Waals surface area contributed by atoms with Crippen LogP contribution < -0.4 is 0 Å². The van der Waals surface area contributed by atoms with E-state index in [2.05, 4.69) is 83.1 Å². The van der Waals surface area contributed by atoms with Gasteiger partial charge in [0.25, 0.3) is 0 Å². The first-order valence-electron chi connectivity index (χ1n) is 11.0. The van der Waals surface area contributed by atoms with E-state index in [0.29, 0.717) is 6.04 Å². The van der Waals surface area contributed by atoms with E-state index in [0.717, 1.165) is 12.1 Å². The molecule has 1 unspecified atom stereocenters. The van der Waals surface area contributed by atoms with Crippen LogP contribution in [0.25, 0.3) is 21.8 Å². The van der Waals surface area contributed by atoms with Crippen LogP contribution in [-0.2, 0) is 6.54 Å². The average molecular weight is 384 g/mol. The van der Waals surface area contributed by atoms with Gasteiger partial charge in [-0.25, -0.2) is 4.98 Å². The number of nitrogens with zero attached hydrogens (tertiary/aromatic N) is 3. The standard InChI is InChI=1S/C26H29N3/c1-20(28-17-8-2-3-9-18-28)26-27-24-15-6-7-16-25(24)29(26)19-22-13-10-12-21-11-4-5-14-23(21)22/h4-7,10-16,20H,2-3,8-9,17-19H2,1H3. The molecular weight excluding hydrogens is 354 g/mol. The number of aromatic nitrogens is 2. The summed E-state index contributed by atoms with van der Waals surface area (Å²) >= 11 is 0. The van der Waals surface area contributed by atoms with Crippen LogP contribution >= 0.6 is 0 Å². The number of fused-ring (bicyclic) bond motifs is 2. The van der Waals surface area contributed by atoms with E-state index in [4.69, 9.17) is 4.98 Å². The molecule has 0 spiro atoms. The van der Waals surface area contributed by atoms with E-state index < -0.39 is 0 Å². The predicted molar refractivity (Wildman–Crippen MR) is 121 cm³/mol. The number of likely N-dealkylation sites (tertiary alicyclic amines) is 1. The Morgan fingerprint density at radius 3 is 2.41 bits per heavy atom. The third-order valence-corrected chi connectivity index (χ3v) is 6.45. The fourth-order valence-corrected chi connectivity index (χ4v) is 4.83. The van der Waals surface area contributed by atoms with Gasteiger partial charge in [0.1, 0.15) is 5.82 Å². The van der Waals surface area contributed by atoms with Crippen molar-refractivity contribution in [3.63, 3.8) is 0 Å². The number of benzene rings is 3. The number of rotatable bonds is 4. The van der Waals surface area contributed by atoms with Gasteiger partial charge in [0.05, 0.1) is 23.6 Å². The Balaban J connectivity index is 1.59. The van der Waals surface area contributed by atoms with E-state index in [9.17, 15) is 0 Å². The zero-order valence-electron chi connectivity index (χ0n) is 17.2. The highest BCUT2D eigenvalue weighted by Gasteiger charge is 2.23. The lowest BCUT2D eigenvalue weighted by molar-refractivity contribution is 0.208. The fraction of sp³-hybridized carbons (Fsp3) is 0.346. The first-order valence-corrected chi connectivity index (χ1v) is 11.0. The van der Waals surface area contributed by atoms with Crippen LogP contribution in [0.2, 0.25) is 0 Å². The second-order valence-electron chi connectivity index (χ2n) is 8.31. The van der Waals surface area contributed by atoms with Crippen LogP contribution in [0.4, 0.5) is 0 Å². The van der Waals surface area contributed by atoms with Crippen molar-refractivity contribution < 1.29 is 0 Å². The van der Waals surface area contributed by atoms with Crippen LogP contribution in [0, 0.1) is 0 Å². The first kappa shape index (κ1) is 18.4. The van der Waals surface area contributed by atoms with E-state index in [1.54, 1.807) is 0 Å². The lowest BCUT2D eigenvalue weighted by Crippen LogP contribution is -2.30. The lowest BCUT2D eigenvalue weighted by Gasteiger charge is -2.28. The summed E-state index contributed by atoms with van der Waals surface area (Å²) in [6.45, 7) is 5.55. The molecule has 0 radical (unpaired) electrons. The predicted octanol–water partition coefficient (Wildman–Crippen LogP) is 6.17. The summed E-state index contributed by atoms with van der Waals surface area (Å²) in [7, 11) is 0. The van der Waals surface area contributed by atoms with Crippen molar-refractivity contribution in [2.75, 3.05) is 13.1 Å². The van der Waals surface area contributed by atoms with Gasteiger partial charge in [-0.05, 0) is 61.3 Å². The average Bonchev–Trinajstić information content (AvgIpc) is 2.93. The molecule has 1 fully saturated rings. The summed E-state index contributed by atoms with van der Waals surface area (Å²) in [6.07, 6.45) is 5.31. The third kappa shape index (κ3) is 3.56. The molecule has 0 amide bonds. The smallest absolute Gasteiger partial charge is 0.127 e. The quantitative estimate of drug-likeness (QED) is 0.420. The van der Waals surface area contributed by atoms with E-state index >= 15 is 0 Å². The zero-order valence-corrected chi connectivity index (χ0v) is 17.2. The van der Waals surface area contributed by atoms with Gasteiger partial charge >= 0.3 is 0 Å². The molecule has 0 aliphatic carbocycles. The summed E-state index contributed by atoms with van der Waals surface area (Å²) in [5.74, 6) is 1.20. The van der Waals surface area contributed by atoms with Crippen molar-refractivity contribution in [1.82, 2.24) is 14.5 Å². The van der Waals surface area contributed by atoms with Crippen LogP contribution in [0.1, 0.15) is 50.0 Å². The van der Waals surface area contributed by atoms with E-state index in [1.165, 1.54) is 66.4 Å². The Morgan fingerprint density at radius 2 is 1.55 bits per heavy atom. The van der Waals surface area contributed by atoms with Gasteiger partial charge in [-0.2, -0.15) is 0 Å². The Kier molecular flexibility index (Phi) is 5.07. The van der Waals surface area contributed by atoms with Crippen molar-refractivity contribution in [3.05, 3.63) is 78.1 Å². The number of hydrogen-bond donors (Lipinski definition) is 0. The van der Waals surface area contributed by atoms with Gasteiger partial charge in [-0.15, -0.1) is 0 Å². The molecule has 0 N–H and O–H groups in total. The molecule has 1 saturated heterocycles. The molecule has 3 heteroatoms. The molecular formula is C26H29N3. The maximum absolute atomic E-state index is 5.12. The molecule has 0 saturated carbocycles. The monoisotopic (exact) mass is 383 g/mol. The zero-order chi connectivity index (χ0) is 19.6. The lowest BCUT2D eigenvalue weighted by atomic mass is 10.0. The molecule has 3 nitrogen and oxygen atoms in total. The molecule has 3 aromatic carbocycles. The number of para-hydroxylation sites is 2. The van der Waals surface area contributed by atoms with Gasteiger partial charge in [-0.3, -0.25) is 4.90 Å². The van der Waals surface area contributed by atoms with Gasteiger partial charge < -0.3 is 4.57 Å². The highest BCUT2D eigenvalue weighted by atomic mass is 15.2. The summed E-state index contributed by atoms with van der Waals surface area (Å²) in [5, 5.41) is 2.64. The molecule has 148 valence electrons. The molecule has 0 bridgehead atoms. The molecule has 1 aliphatic heterocycles. The van der Waals surface area contributed by atoms with Gasteiger partial charge in [-0.1, -0.05) is 67.4 Å². The Labute approximate surface area is 173 Å². The summed E-state index contributed by atoms with van der Waals surface area (Å²) in [4.78, 5) is 7.75. The second-order valence-corrected chi connectivity index (χ2v) is 8.31. The molecule has 2 heterocycles. The van der Waals surface area contributed by atoms with Crippen LogP contribution in [0.3, 0.4) is 0 Å². The van der Waals surface area contributed by atoms with Crippen molar-refractivity contribution in [3.8, 4) is 0 Å². The fourth-order valence-electron chi connectivity index (χ4n) is 4.83. The maximum Gasteiger partial charge on any atom is 0.127 e. The summed E-state index contributed by atoms with van der Waals surface area (Å²) in [5.41, 5.74) is 3.69. The second kappa shape index (κ2) is 8.00. The van der Waals surface area contributed by atoms with Crippen molar-refractivity contribution in [2.24, 2.45) is 0 Å². The number of hydrogen-bond acceptors (Lipinski definition) is 2. The first-order chi connectivity index (χ1) is 14.3. The highest BCUT2D eigenvalue weighted by molar-refractivity contribution is 5.86. The minimum Gasteiger partial charge on any atom is -0.322 e. The Hall–Kier alpha value is -2.65. The van der Waals surface area contributed by atoms with Gasteiger partial charge in [0.2, 0.25) is 0 Å². The largest absolute Gasteiger partial charge is 0.322 e. The number of imidazole rings is 1. The van der Waals surface area contributed by atoms with Crippen LogP contribution in [0.5, 0.6) is 0 Å². The Morgan fingerprint density at radius 1 is 0.828 bits per heavy atom. The van der Waals surface area contributed by atoms with Crippen LogP contribution in [0.15, 0.2) is 66.7 Å².